The summed E-state index contributed by atoms with van der Waals surface area (Å²) >= 11 is 0. The van der Waals surface area contributed by atoms with Gasteiger partial charge in [-0.15, -0.1) is 0 Å². The van der Waals surface area contributed by atoms with Crippen LogP contribution in [0.3, 0.4) is 0 Å². The van der Waals surface area contributed by atoms with Crippen LogP contribution in [0.2, 0.25) is 0 Å². The first-order chi connectivity index (χ1) is 31.6. The number of aliphatic hydroxyl groups is 1. The van der Waals surface area contributed by atoms with E-state index in [-0.39, 0.29) is 53.2 Å². The van der Waals surface area contributed by atoms with E-state index in [1.54, 1.807) is 35.0 Å². The van der Waals surface area contributed by atoms with Gasteiger partial charge >= 0.3 is 23.1 Å². The second kappa shape index (κ2) is 27.2. The molecule has 2 heterocycles. The first kappa shape index (κ1) is 55.5. The molecule has 0 unspecified atom stereocenters. The van der Waals surface area contributed by atoms with Gasteiger partial charge in [0.05, 0.1) is 36.8 Å². The van der Waals surface area contributed by atoms with E-state index in [0.29, 0.717) is 36.0 Å². The molecule has 0 bridgehead atoms. The molecule has 2 aliphatic heterocycles. The molecule has 8 rings (SSSR count). The van der Waals surface area contributed by atoms with E-state index < -0.39 is 5.60 Å². The molecule has 68 heavy (non-hydrogen) atoms. The van der Waals surface area contributed by atoms with E-state index in [0.717, 1.165) is 99.3 Å². The summed E-state index contributed by atoms with van der Waals surface area (Å²) in [5.74, 6) is 2.72. The molecule has 6 aromatic carbocycles. The van der Waals surface area contributed by atoms with Gasteiger partial charge in [-0.2, -0.15) is 0 Å². The Labute approximate surface area is 431 Å². The molecular weight excluding hydrogens is 929 g/mol. The summed E-state index contributed by atoms with van der Waals surface area (Å²) in [4.78, 5) is 21.9. The minimum Gasteiger partial charge on any atom is -1.00 e. The Morgan fingerprint density at radius 3 is 1.25 bits per heavy atom. The first-order valence-corrected chi connectivity index (χ1v) is 22.6. The number of hydrogen-bond acceptors (Lipinski definition) is 10. The van der Waals surface area contributed by atoms with E-state index in [1.807, 2.05) is 84.9 Å². The van der Waals surface area contributed by atoms with Crippen LogP contribution in [0, 0.1) is 7.43 Å². The predicted molar refractivity (Wildman–Crippen MR) is 273 cm³/mol. The van der Waals surface area contributed by atoms with Crippen molar-refractivity contribution in [1.82, 2.24) is 9.80 Å². The SMILES string of the molecule is COc1cc(C(C)(C)O)c(OCc2ccccc2)cc1N1CCN(Cc2ccccc2)CC1.COc1cc(C(C)=O)c(OCc2ccccc2)cc1N1CCN(Cc2ccccc2)CC1.[Br-].[CH3-].[Mg+2]. The summed E-state index contributed by atoms with van der Waals surface area (Å²) in [5.41, 5.74) is 7.03. The fourth-order valence-corrected chi connectivity index (χ4v) is 8.36. The smallest absolute Gasteiger partial charge is 1.00 e. The predicted octanol–water partition coefficient (Wildman–Crippen LogP) is 6.70. The molecule has 0 spiro atoms. The molecule has 356 valence electrons. The first-order valence-electron chi connectivity index (χ1n) is 22.6. The average molecular weight is 996 g/mol. The Hall–Kier alpha value is -5.08. The van der Waals surface area contributed by atoms with Gasteiger partial charge < -0.3 is 58.3 Å². The van der Waals surface area contributed by atoms with Crippen LogP contribution in [0.1, 0.15) is 58.9 Å². The number of piperazine rings is 2. The Bertz CT molecular complexity index is 2410. The zero-order valence-electron chi connectivity index (χ0n) is 40.7. The van der Waals surface area contributed by atoms with Crippen LogP contribution >= 0.6 is 0 Å². The van der Waals surface area contributed by atoms with Gasteiger partial charge in [0.15, 0.2) is 5.78 Å². The summed E-state index contributed by atoms with van der Waals surface area (Å²) in [7, 11) is 3.34. The molecular formula is C56H67BrMgN4O6. The number of anilines is 2. The summed E-state index contributed by atoms with van der Waals surface area (Å²) in [5, 5.41) is 10.8. The normalized spacial score (nSPS) is 13.9. The average Bonchev–Trinajstić information content (AvgIpc) is 3.34. The topological polar surface area (TPSA) is 87.2 Å². The zero-order valence-corrected chi connectivity index (χ0v) is 43.7. The van der Waals surface area contributed by atoms with Crippen molar-refractivity contribution >= 4 is 40.2 Å². The van der Waals surface area contributed by atoms with Crippen LogP contribution in [-0.2, 0) is 31.9 Å². The maximum absolute atomic E-state index is 12.3. The molecule has 6 aromatic rings. The van der Waals surface area contributed by atoms with Crippen LogP contribution in [0.4, 0.5) is 11.4 Å². The van der Waals surface area contributed by atoms with Gasteiger partial charge in [-0.1, -0.05) is 121 Å². The van der Waals surface area contributed by atoms with E-state index in [2.05, 4.69) is 80.3 Å². The number of hydrogen-bond donors (Lipinski definition) is 1. The van der Waals surface area contributed by atoms with Crippen LogP contribution in [0.25, 0.3) is 0 Å². The largest absolute Gasteiger partial charge is 2.00 e. The molecule has 0 radical (unpaired) electrons. The van der Waals surface area contributed by atoms with Gasteiger partial charge in [0, 0.05) is 83.1 Å². The third-order valence-corrected chi connectivity index (χ3v) is 12.0. The van der Waals surface area contributed by atoms with Gasteiger partial charge in [-0.3, -0.25) is 14.6 Å². The van der Waals surface area contributed by atoms with Crippen molar-refractivity contribution in [1.29, 1.82) is 0 Å². The molecule has 10 nitrogen and oxygen atoms in total. The summed E-state index contributed by atoms with van der Waals surface area (Å²) in [6.07, 6.45) is 0. The molecule has 0 aromatic heterocycles. The molecule has 0 saturated carbocycles. The van der Waals surface area contributed by atoms with E-state index in [1.165, 1.54) is 11.1 Å². The van der Waals surface area contributed by atoms with Crippen molar-refractivity contribution < 1.29 is 45.8 Å². The standard InChI is InChI=1S/C28H34N2O3.C27H30N2O3.CH3.BrH.Mg/c1-28(2,31)24-18-27(32-3)25(19-26(24)33-21-23-12-8-5-9-13-23)30-16-14-29(15-17-30)20-22-10-6-4-7-11-22;1-21(30)24-17-27(31-2)25(18-26(24)32-20-23-11-7-4-8-12-23)29-15-13-28(14-16-29)19-22-9-5-3-6-10-22;;;/h4-13,18-19,31H,14-17,20-21H2,1-3H3;3-12,17-18H,13-16,19-20H2,1-2H3;1H3;1H;/q;;-1;;+2/p-1. The van der Waals surface area contributed by atoms with E-state index >= 15 is 0 Å². The van der Waals surface area contributed by atoms with Crippen LogP contribution in [-0.4, -0.2) is 110 Å². The summed E-state index contributed by atoms with van der Waals surface area (Å²) in [6, 6.07) is 49.0. The Balaban J connectivity index is 0.000000284. The number of Topliss-reactive ketones (excluding diaryl/α,β-unsaturated/α-hetero) is 1. The second-order valence-corrected chi connectivity index (χ2v) is 17.2. The van der Waals surface area contributed by atoms with Gasteiger partial charge in [-0.25, -0.2) is 0 Å². The van der Waals surface area contributed by atoms with Crippen molar-refractivity contribution in [2.24, 2.45) is 0 Å². The molecule has 2 saturated heterocycles. The van der Waals surface area contributed by atoms with E-state index in [9.17, 15) is 9.90 Å². The minimum atomic E-state index is -1.05. The van der Waals surface area contributed by atoms with Gasteiger partial charge in [-0.05, 0) is 55.2 Å². The quantitative estimate of drug-likeness (QED) is 0.0644. The fraction of sp³-hybridized carbons (Fsp3) is 0.321. The minimum absolute atomic E-state index is 0. The number of carbonyl (C=O) groups excluding carboxylic acids is 1. The number of carbonyl (C=O) groups is 1. The number of methoxy groups -OCH3 is 2. The van der Waals surface area contributed by atoms with Crippen LogP contribution in [0.15, 0.2) is 146 Å². The molecule has 2 aliphatic rings. The Morgan fingerprint density at radius 2 is 0.882 bits per heavy atom. The van der Waals surface area contributed by atoms with E-state index in [4.69, 9.17) is 18.9 Å². The van der Waals surface area contributed by atoms with Crippen LogP contribution < -0.4 is 45.7 Å². The maximum Gasteiger partial charge on any atom is 2.00 e. The van der Waals surface area contributed by atoms with Crippen molar-refractivity contribution in [3.05, 3.63) is 186 Å². The summed E-state index contributed by atoms with van der Waals surface area (Å²) in [6.45, 7) is 15.4. The zero-order chi connectivity index (χ0) is 45.6. The molecule has 0 amide bonds. The van der Waals surface area contributed by atoms with Gasteiger partial charge in [0.1, 0.15) is 36.2 Å². The fourth-order valence-electron chi connectivity index (χ4n) is 8.36. The molecule has 0 atom stereocenters. The van der Waals surface area contributed by atoms with Gasteiger partial charge in [0.25, 0.3) is 0 Å². The number of nitrogens with zero attached hydrogens (tertiary/aromatic N) is 4. The number of ketones is 1. The molecule has 0 aliphatic carbocycles. The van der Waals surface area contributed by atoms with Crippen molar-refractivity contribution in [3.63, 3.8) is 0 Å². The Morgan fingerprint density at radius 1 is 0.529 bits per heavy atom. The third kappa shape index (κ3) is 15.5. The van der Waals surface area contributed by atoms with Crippen molar-refractivity contribution in [3.8, 4) is 23.0 Å². The molecule has 1 N–H and O–H groups in total. The number of benzene rings is 6. The molecule has 2 fully saturated rings. The van der Waals surface area contributed by atoms with Crippen molar-refractivity contribution in [2.75, 3.05) is 76.4 Å². The van der Waals surface area contributed by atoms with Crippen LogP contribution in [0.5, 0.6) is 23.0 Å². The maximum atomic E-state index is 12.3. The van der Waals surface area contributed by atoms with Crippen molar-refractivity contribution in [2.45, 2.75) is 52.7 Å². The molecule has 12 heteroatoms. The number of ether oxygens (including phenoxy) is 4. The third-order valence-electron chi connectivity index (χ3n) is 12.0. The van der Waals surface area contributed by atoms with Gasteiger partial charge in [0.2, 0.25) is 0 Å². The summed E-state index contributed by atoms with van der Waals surface area (Å²) < 4.78 is 23.7. The number of rotatable bonds is 16. The monoisotopic (exact) mass is 994 g/mol. The Kier molecular flexibility index (Phi) is 22.2. The second-order valence-electron chi connectivity index (χ2n) is 17.2. The number of halogens is 1.